The van der Waals surface area contributed by atoms with E-state index in [1.165, 1.54) is 0 Å². The molecular weight excluding hydrogens is 244 g/mol. The van der Waals surface area contributed by atoms with Crippen LogP contribution in [0.15, 0.2) is 0 Å². The monoisotopic (exact) mass is 244 g/mol. The second kappa shape index (κ2) is 3.25. The second-order valence-corrected chi connectivity index (χ2v) is 0.970. The van der Waals surface area contributed by atoms with E-state index < -0.39 is 19.8 Å². The van der Waals surface area contributed by atoms with Gasteiger partial charge < -0.3 is 0 Å². The molecule has 0 aliphatic heterocycles. The SMILES string of the molecule is O=[C]=[Au][F]. The Kier molecular flexibility index (Phi) is 3.45. The zero-order valence-corrected chi connectivity index (χ0v) is 3.75. The van der Waals surface area contributed by atoms with Crippen LogP contribution >= 0.6 is 0 Å². The second-order valence-electron chi connectivity index (χ2n) is 0.119. The Morgan fingerprint density at radius 2 is 2.25 bits per heavy atom. The van der Waals surface area contributed by atoms with Crippen LogP contribution < -0.4 is 0 Å². The molecule has 0 aliphatic rings. The molecule has 0 rings (SSSR count). The van der Waals surface area contributed by atoms with Gasteiger partial charge in [-0.2, -0.15) is 0 Å². The van der Waals surface area contributed by atoms with Crippen molar-refractivity contribution in [3.63, 3.8) is 0 Å². The van der Waals surface area contributed by atoms with Crippen molar-refractivity contribution in [2.75, 3.05) is 0 Å². The topological polar surface area (TPSA) is 17.1 Å². The van der Waals surface area contributed by atoms with Gasteiger partial charge in [-0.05, 0) is 0 Å². The summed E-state index contributed by atoms with van der Waals surface area (Å²) in [6.07, 6.45) is 0. The Hall–Kier alpha value is 0.250. The zero-order valence-electron chi connectivity index (χ0n) is 1.59. The fourth-order valence-corrected chi connectivity index (χ4v) is 0. The summed E-state index contributed by atoms with van der Waals surface area (Å²) in [5, 5.41) is 0. The molecule has 3 heteroatoms. The van der Waals surface area contributed by atoms with Gasteiger partial charge in [-0.1, -0.05) is 0 Å². The van der Waals surface area contributed by atoms with E-state index in [9.17, 15) is 3.02 Å². The maximum absolute atomic E-state index is 10.4. The van der Waals surface area contributed by atoms with Gasteiger partial charge in [-0.25, -0.2) is 0 Å². The van der Waals surface area contributed by atoms with Crippen molar-refractivity contribution in [2.24, 2.45) is 0 Å². The van der Waals surface area contributed by atoms with E-state index in [-0.39, 0.29) is 0 Å². The summed E-state index contributed by atoms with van der Waals surface area (Å²) in [5.41, 5.74) is 0. The molecule has 0 fully saturated rings. The molecule has 0 aromatic heterocycles. The van der Waals surface area contributed by atoms with Crippen LogP contribution in [-0.4, -0.2) is 4.09 Å². The Labute approximate surface area is 32.3 Å². The average molecular weight is 244 g/mol. The van der Waals surface area contributed by atoms with E-state index in [4.69, 9.17) is 4.79 Å². The number of rotatable bonds is 0. The van der Waals surface area contributed by atoms with Crippen LogP contribution in [0, 0.1) is 0 Å². The van der Waals surface area contributed by atoms with Crippen LogP contribution in [0.25, 0.3) is 0 Å². The van der Waals surface area contributed by atoms with Crippen molar-refractivity contribution in [2.45, 2.75) is 0 Å². The van der Waals surface area contributed by atoms with Gasteiger partial charge in [0, 0.05) is 0 Å². The molecule has 0 aliphatic carbocycles. The molecule has 0 heterocycles. The summed E-state index contributed by atoms with van der Waals surface area (Å²) in [4.78, 5) is 8.72. The van der Waals surface area contributed by atoms with Gasteiger partial charge in [0.05, 0.1) is 0 Å². The van der Waals surface area contributed by atoms with Crippen molar-refractivity contribution in [3.8, 4) is 0 Å². The number of carbonyl (C=O) groups excluding carboxylic acids is 1. The first-order valence-corrected chi connectivity index (χ1v) is 2.37. The predicted octanol–water partition coefficient (Wildman–Crippen LogP) is 0.0206. The van der Waals surface area contributed by atoms with Crippen LogP contribution in [0.5, 0.6) is 0 Å². The standard InChI is InChI=1S/CO.Au.FH/c1-2;;/h;;1H/q;+1;/p-1. The molecule has 0 unspecified atom stereocenters. The summed E-state index contributed by atoms with van der Waals surface area (Å²) < 4.78 is 11.5. The molecule has 0 saturated carbocycles. The Morgan fingerprint density at radius 3 is 2.25 bits per heavy atom. The molecule has 0 aromatic carbocycles. The van der Waals surface area contributed by atoms with Gasteiger partial charge in [0.2, 0.25) is 0 Å². The third-order valence-electron chi connectivity index (χ3n) is 0.0233. The third kappa shape index (κ3) is 2.25. The van der Waals surface area contributed by atoms with E-state index in [1.54, 1.807) is 0 Å². The van der Waals surface area contributed by atoms with Crippen LogP contribution in [0.4, 0.5) is 3.02 Å². The van der Waals surface area contributed by atoms with Gasteiger partial charge in [0.1, 0.15) is 0 Å². The first kappa shape index (κ1) is 4.25. The van der Waals surface area contributed by atoms with Crippen LogP contribution in [0.1, 0.15) is 0 Å². The third-order valence-corrected chi connectivity index (χ3v) is 0.190. The van der Waals surface area contributed by atoms with Crippen molar-refractivity contribution < 1.29 is 27.7 Å². The van der Waals surface area contributed by atoms with E-state index in [0.29, 0.717) is 0 Å². The molecule has 4 heavy (non-hydrogen) atoms. The van der Waals surface area contributed by atoms with Gasteiger partial charge in [-0.3, -0.25) is 0 Å². The first-order valence-electron chi connectivity index (χ1n) is 0.469. The molecule has 28 valence electrons. The molecule has 0 N–H and O–H groups in total. The van der Waals surface area contributed by atoms with Gasteiger partial charge in [0.25, 0.3) is 0 Å². The van der Waals surface area contributed by atoms with E-state index in [1.807, 2.05) is 0 Å². The summed E-state index contributed by atoms with van der Waals surface area (Å²) in [7, 11) is 0. The van der Waals surface area contributed by atoms with Crippen molar-refractivity contribution in [1.29, 1.82) is 0 Å². The summed E-state index contributed by atoms with van der Waals surface area (Å²) in [6, 6.07) is 0. The van der Waals surface area contributed by atoms with Crippen LogP contribution in [0.2, 0.25) is 0 Å². The van der Waals surface area contributed by atoms with Crippen molar-refractivity contribution >= 4 is 4.09 Å². The van der Waals surface area contributed by atoms with Gasteiger partial charge in [0.15, 0.2) is 0 Å². The normalized spacial score (nSPS) is 6.25. The van der Waals surface area contributed by atoms with E-state index in [2.05, 4.69) is 0 Å². The van der Waals surface area contributed by atoms with Crippen LogP contribution in [0.3, 0.4) is 0 Å². The molecule has 1 nitrogen and oxygen atoms in total. The van der Waals surface area contributed by atoms with Crippen molar-refractivity contribution in [3.05, 3.63) is 0 Å². The number of hydrogen-bond donors (Lipinski definition) is 0. The Balaban J connectivity index is 3.11. The molecule has 0 spiro atoms. The molecule has 0 saturated heterocycles. The molecule has 0 amide bonds. The maximum atomic E-state index is 10.4. The van der Waals surface area contributed by atoms with Gasteiger partial charge in [-0.15, -0.1) is 0 Å². The zero-order chi connectivity index (χ0) is 3.41. The fraction of sp³-hybridized carbons (Fsp3) is 0. The van der Waals surface area contributed by atoms with E-state index in [0.717, 1.165) is 4.09 Å². The summed E-state index contributed by atoms with van der Waals surface area (Å²) in [6.45, 7) is 0. The number of halogens is 1. The van der Waals surface area contributed by atoms with Crippen molar-refractivity contribution in [1.82, 2.24) is 0 Å². The Bertz CT molecular complexity index is 46.0. The molecule has 0 radical (unpaired) electrons. The minimum absolute atomic E-state index is 1.11. The van der Waals surface area contributed by atoms with Crippen LogP contribution in [-0.2, 0) is 24.6 Å². The first-order chi connectivity index (χ1) is 1.91. The molecule has 0 bridgehead atoms. The molecule has 0 atom stereocenters. The minimum atomic E-state index is -1.61. The average Bonchev–Trinajstić information content (AvgIpc) is 1.37. The van der Waals surface area contributed by atoms with Gasteiger partial charge >= 0.3 is 31.7 Å². The molecular formula is CAuFO. The summed E-state index contributed by atoms with van der Waals surface area (Å²) >= 11 is -1.61. The predicted molar refractivity (Wildman–Crippen MR) is 6.80 cm³/mol. The number of hydrogen-bond acceptors (Lipinski definition) is 1. The quantitative estimate of drug-likeness (QED) is 0.549. The van der Waals surface area contributed by atoms with E-state index >= 15 is 0 Å². The Morgan fingerprint density at radius 1 is 2.00 bits per heavy atom. The fourth-order valence-electron chi connectivity index (χ4n) is 0. The summed E-state index contributed by atoms with van der Waals surface area (Å²) in [5.74, 6) is 0. The molecule has 0 aromatic rings.